The van der Waals surface area contributed by atoms with Crippen molar-refractivity contribution in [1.29, 1.82) is 0 Å². The highest BCUT2D eigenvalue weighted by molar-refractivity contribution is 6.36. The molecule has 4 N–H and O–H groups in total. The first-order valence-electron chi connectivity index (χ1n) is 18.4. The zero-order chi connectivity index (χ0) is 41.5. The number of nitrogens with one attached hydrogen (secondary N) is 4. The average Bonchev–Trinajstić information content (AvgIpc) is 4.15. The molecule has 14 nitrogen and oxygen atoms in total. The number of aromatic nitrogens is 3. The summed E-state index contributed by atoms with van der Waals surface area (Å²) in [6.07, 6.45) is -1.68. The Morgan fingerprint density at radius 3 is 2.34 bits per heavy atom. The lowest BCUT2D eigenvalue weighted by Crippen LogP contribution is -2.44. The fourth-order valence-corrected chi connectivity index (χ4v) is 6.57. The number of ketones is 1. The smallest absolute Gasteiger partial charge is 0.422 e. The Hall–Kier alpha value is -5.97. The van der Waals surface area contributed by atoms with Gasteiger partial charge in [-0.3, -0.25) is 14.4 Å². The molecule has 1 aromatic heterocycles. The van der Waals surface area contributed by atoms with Crippen LogP contribution in [0.1, 0.15) is 65.9 Å². The summed E-state index contributed by atoms with van der Waals surface area (Å²) >= 11 is 6.04. The minimum absolute atomic E-state index is 0.0237. The first kappa shape index (κ1) is 41.7. The Bertz CT molecular complexity index is 2120. The Morgan fingerprint density at radius 1 is 0.948 bits per heavy atom. The van der Waals surface area contributed by atoms with E-state index in [0.717, 1.165) is 30.4 Å². The van der Waals surface area contributed by atoms with Crippen LogP contribution in [0.15, 0.2) is 72.8 Å². The largest absolute Gasteiger partial charge is 0.497 e. The molecule has 0 aliphatic heterocycles. The number of carbonyl (C=O) groups excluding carboxylic acids is 4. The van der Waals surface area contributed by atoms with E-state index in [2.05, 4.69) is 36.2 Å². The summed E-state index contributed by atoms with van der Waals surface area (Å²) in [5.41, 5.74) is 2.00. The summed E-state index contributed by atoms with van der Waals surface area (Å²) < 4.78 is 53.9. The van der Waals surface area contributed by atoms with E-state index < -0.39 is 53.9 Å². The molecule has 6 rings (SSSR count). The molecule has 2 aliphatic rings. The SMILES string of the molecule is COC(=O)[C@@H](CCNC(=O)C(=O)CCC1CC1c1cccc(OC)c1)NC(=O)c1ccc(Nc2nc(NC3(c4ccc(Cl)cc4)CC3)nc(OCC(F)(F)F)n2)cc1. The van der Waals surface area contributed by atoms with E-state index >= 15 is 0 Å². The van der Waals surface area contributed by atoms with E-state index in [1.807, 2.05) is 36.4 Å². The van der Waals surface area contributed by atoms with Gasteiger partial charge in [-0.1, -0.05) is 35.9 Å². The molecular formula is C40H41ClF3N7O7. The minimum atomic E-state index is -4.63. The van der Waals surface area contributed by atoms with Crippen LogP contribution < -0.4 is 30.7 Å². The van der Waals surface area contributed by atoms with Crippen molar-refractivity contribution in [2.75, 3.05) is 38.0 Å². The highest BCUT2D eigenvalue weighted by atomic mass is 35.5. The summed E-state index contributed by atoms with van der Waals surface area (Å²) in [5.74, 6) is -1.50. The van der Waals surface area contributed by atoms with Crippen molar-refractivity contribution in [2.24, 2.45) is 5.92 Å². The number of ether oxygens (including phenoxy) is 3. The van der Waals surface area contributed by atoms with Crippen molar-refractivity contribution in [3.8, 4) is 11.8 Å². The normalized spacial score (nSPS) is 16.9. The molecule has 4 aromatic rings. The molecular weight excluding hydrogens is 783 g/mol. The molecule has 1 heterocycles. The number of alkyl halides is 3. The molecule has 2 amide bonds. The van der Waals surface area contributed by atoms with Crippen LogP contribution >= 0.6 is 11.6 Å². The maximum atomic E-state index is 13.1. The number of hydrogen-bond acceptors (Lipinski definition) is 12. The van der Waals surface area contributed by atoms with Gasteiger partial charge < -0.3 is 35.5 Å². The predicted molar refractivity (Wildman–Crippen MR) is 206 cm³/mol. The second kappa shape index (κ2) is 18.1. The molecule has 3 atom stereocenters. The summed E-state index contributed by atoms with van der Waals surface area (Å²) in [4.78, 5) is 63.1. The molecule has 2 saturated carbocycles. The number of nitrogens with zero attached hydrogens (tertiary/aromatic N) is 3. The lowest BCUT2D eigenvalue weighted by Gasteiger charge is -2.19. The highest BCUT2D eigenvalue weighted by Crippen LogP contribution is 2.51. The van der Waals surface area contributed by atoms with Gasteiger partial charge in [0.2, 0.25) is 17.7 Å². The average molecular weight is 824 g/mol. The van der Waals surface area contributed by atoms with E-state index in [-0.39, 0.29) is 36.8 Å². The molecule has 0 bridgehead atoms. The van der Waals surface area contributed by atoms with Crippen molar-refractivity contribution in [2.45, 2.75) is 62.2 Å². The Labute approximate surface area is 336 Å². The van der Waals surface area contributed by atoms with Crippen LogP contribution in [0, 0.1) is 5.92 Å². The number of carbonyl (C=O) groups is 4. The lowest BCUT2D eigenvalue weighted by atomic mass is 10.1. The molecule has 18 heteroatoms. The third-order valence-corrected chi connectivity index (χ3v) is 10.1. The zero-order valence-corrected chi connectivity index (χ0v) is 32.3. The molecule has 2 fully saturated rings. The van der Waals surface area contributed by atoms with Gasteiger partial charge in [-0.2, -0.15) is 28.1 Å². The summed E-state index contributed by atoms with van der Waals surface area (Å²) in [6.45, 7) is -1.70. The Kier molecular flexibility index (Phi) is 13.0. The van der Waals surface area contributed by atoms with Crippen molar-refractivity contribution in [3.05, 3.63) is 94.5 Å². The van der Waals surface area contributed by atoms with Gasteiger partial charge in [0.25, 0.3) is 11.8 Å². The van der Waals surface area contributed by atoms with Gasteiger partial charge in [-0.05, 0) is 104 Å². The lowest BCUT2D eigenvalue weighted by molar-refractivity contribution is -0.154. The fourth-order valence-electron chi connectivity index (χ4n) is 6.45. The highest BCUT2D eigenvalue weighted by Gasteiger charge is 2.45. The van der Waals surface area contributed by atoms with Gasteiger partial charge in [0, 0.05) is 29.2 Å². The maximum absolute atomic E-state index is 13.1. The van der Waals surface area contributed by atoms with Gasteiger partial charge >= 0.3 is 18.2 Å². The summed E-state index contributed by atoms with van der Waals surface area (Å²) in [6, 6.07) is 19.1. The third kappa shape index (κ3) is 11.3. The second-order valence-corrected chi connectivity index (χ2v) is 14.5. The standard InChI is InChI=1S/C40H41ClF3N7O7/c1-56-29-5-3-4-24(20-29)30-21-25(30)8-15-32(52)34(54)45-19-16-31(35(55)57-2)47-33(53)23-6-13-28(14-7-23)46-36-48-37(50-38(49-36)58-22-40(42,43)44)51-39(17-18-39)26-9-11-27(41)12-10-26/h3-7,9-14,20,25,30-31H,8,15-19,21-22H2,1-2H3,(H,45,54)(H,47,53)(H2,46,48,49,50,51)/t25?,30?,31-/m1/s1. The van der Waals surface area contributed by atoms with E-state index in [0.29, 0.717) is 41.8 Å². The van der Waals surface area contributed by atoms with Gasteiger partial charge in [0.1, 0.15) is 11.8 Å². The van der Waals surface area contributed by atoms with Gasteiger partial charge in [0.05, 0.1) is 19.8 Å². The molecule has 2 aliphatic carbocycles. The number of amides is 2. The monoisotopic (exact) mass is 823 g/mol. The second-order valence-electron chi connectivity index (χ2n) is 14.0. The molecule has 0 radical (unpaired) electrons. The van der Waals surface area contributed by atoms with E-state index in [9.17, 15) is 32.3 Å². The molecule has 306 valence electrons. The molecule has 0 spiro atoms. The van der Waals surface area contributed by atoms with E-state index in [1.165, 1.54) is 24.3 Å². The topological polar surface area (TPSA) is 183 Å². The van der Waals surface area contributed by atoms with Crippen molar-refractivity contribution in [3.63, 3.8) is 0 Å². The third-order valence-electron chi connectivity index (χ3n) is 9.83. The number of halogens is 4. The Morgan fingerprint density at radius 2 is 1.67 bits per heavy atom. The van der Waals surface area contributed by atoms with Crippen molar-refractivity contribution >= 4 is 52.8 Å². The van der Waals surface area contributed by atoms with Crippen LogP contribution in [0.2, 0.25) is 5.02 Å². The number of Topliss-reactive ketones (excluding diaryl/α,β-unsaturated/α-hetero) is 1. The minimum Gasteiger partial charge on any atom is -0.497 e. The van der Waals surface area contributed by atoms with Gasteiger partial charge in [-0.25, -0.2) is 4.79 Å². The van der Waals surface area contributed by atoms with E-state index in [1.54, 1.807) is 19.2 Å². The zero-order valence-electron chi connectivity index (χ0n) is 31.5. The van der Waals surface area contributed by atoms with Crippen LogP contribution in [0.3, 0.4) is 0 Å². The van der Waals surface area contributed by atoms with Gasteiger partial charge in [0.15, 0.2) is 6.61 Å². The number of esters is 1. The van der Waals surface area contributed by atoms with Crippen LogP contribution in [-0.2, 0) is 24.7 Å². The number of anilines is 3. The number of rotatable bonds is 19. The Balaban J connectivity index is 1.01. The number of benzene rings is 3. The summed E-state index contributed by atoms with van der Waals surface area (Å²) in [7, 11) is 2.76. The first-order valence-corrected chi connectivity index (χ1v) is 18.8. The van der Waals surface area contributed by atoms with Gasteiger partial charge in [-0.15, -0.1) is 0 Å². The van der Waals surface area contributed by atoms with Crippen molar-refractivity contribution < 1.29 is 46.6 Å². The molecule has 0 saturated heterocycles. The van der Waals surface area contributed by atoms with Crippen molar-refractivity contribution in [1.82, 2.24) is 25.6 Å². The molecule has 58 heavy (non-hydrogen) atoms. The molecule has 3 aromatic carbocycles. The van der Waals surface area contributed by atoms with Crippen LogP contribution in [0.25, 0.3) is 0 Å². The predicted octanol–water partition coefficient (Wildman–Crippen LogP) is 6.25. The summed E-state index contributed by atoms with van der Waals surface area (Å²) in [5, 5.41) is 11.7. The maximum Gasteiger partial charge on any atom is 0.422 e. The van der Waals surface area contributed by atoms with Crippen LogP contribution in [0.5, 0.6) is 11.8 Å². The van der Waals surface area contributed by atoms with Crippen LogP contribution in [0.4, 0.5) is 30.8 Å². The fraction of sp³-hybridized carbons (Fsp3) is 0.375. The van der Waals surface area contributed by atoms with Crippen LogP contribution in [-0.4, -0.2) is 78.1 Å². The van der Waals surface area contributed by atoms with E-state index in [4.69, 9.17) is 25.8 Å². The molecule has 2 unspecified atom stereocenters. The first-order chi connectivity index (χ1) is 27.7. The number of hydrogen-bond donors (Lipinski definition) is 4. The quantitative estimate of drug-likeness (QED) is 0.0617. The number of methoxy groups -OCH3 is 2.